The van der Waals surface area contributed by atoms with E-state index in [1.54, 1.807) is 0 Å². The minimum atomic E-state index is -0.257. The van der Waals surface area contributed by atoms with Gasteiger partial charge in [0.05, 0.1) is 12.1 Å². The Bertz CT molecular complexity index is 1040. The molecule has 0 aliphatic heterocycles. The van der Waals surface area contributed by atoms with E-state index in [1.165, 1.54) is 0 Å². The topological polar surface area (TPSA) is 63.1 Å². The molecule has 0 fully saturated rings. The van der Waals surface area contributed by atoms with E-state index in [0.29, 0.717) is 5.56 Å². The zero-order chi connectivity index (χ0) is 21.1. The molecule has 5 heteroatoms. The van der Waals surface area contributed by atoms with Gasteiger partial charge in [-0.3, -0.25) is 9.59 Å². The molecule has 5 nitrogen and oxygen atoms in total. The Morgan fingerprint density at radius 2 is 1.52 bits per heavy atom. The molecule has 0 bridgehead atoms. The van der Waals surface area contributed by atoms with Gasteiger partial charge in [-0.25, -0.2) is 0 Å². The van der Waals surface area contributed by atoms with Gasteiger partial charge < -0.3 is 15.2 Å². The van der Waals surface area contributed by atoms with Crippen molar-refractivity contribution in [3.8, 4) is 5.69 Å². The van der Waals surface area contributed by atoms with Crippen molar-refractivity contribution in [1.82, 2.24) is 9.88 Å². The Balaban J connectivity index is 1.70. The number of benzene rings is 2. The molecule has 2 aromatic carbocycles. The monoisotopic (exact) mass is 389 g/mol. The van der Waals surface area contributed by atoms with E-state index < -0.39 is 0 Å². The lowest BCUT2D eigenvalue weighted by molar-refractivity contribution is -0.115. The van der Waals surface area contributed by atoms with Crippen LogP contribution in [0.25, 0.3) is 5.69 Å². The fraction of sp³-hybridized carbons (Fsp3) is 0.250. The fourth-order valence-electron chi connectivity index (χ4n) is 3.78. The zero-order valence-corrected chi connectivity index (χ0v) is 17.6. The van der Waals surface area contributed by atoms with Crippen LogP contribution in [-0.4, -0.2) is 22.9 Å². The molecule has 0 aliphatic rings. The SMILES string of the molecule is Cc1cc(C)c(NC(=O)CNC(=O)c2cc(C)n(-c3ccccc3)c2C)c(C)c1. The summed E-state index contributed by atoms with van der Waals surface area (Å²) in [7, 11) is 0. The average Bonchev–Trinajstić information content (AvgIpc) is 2.97. The summed E-state index contributed by atoms with van der Waals surface area (Å²) in [5.74, 6) is -0.502. The maximum Gasteiger partial charge on any atom is 0.253 e. The van der Waals surface area contributed by atoms with E-state index in [1.807, 2.05) is 87.7 Å². The van der Waals surface area contributed by atoms with Gasteiger partial charge in [-0.1, -0.05) is 35.9 Å². The van der Waals surface area contributed by atoms with Gasteiger partial charge >= 0.3 is 0 Å². The molecular weight excluding hydrogens is 362 g/mol. The van der Waals surface area contributed by atoms with Crippen molar-refractivity contribution in [2.45, 2.75) is 34.6 Å². The minimum Gasteiger partial charge on any atom is -0.343 e. The van der Waals surface area contributed by atoms with Crippen molar-refractivity contribution < 1.29 is 9.59 Å². The summed E-state index contributed by atoms with van der Waals surface area (Å²) in [6, 6.07) is 15.8. The first-order chi connectivity index (χ1) is 13.8. The lowest BCUT2D eigenvalue weighted by Crippen LogP contribution is -2.33. The number of aromatic nitrogens is 1. The zero-order valence-electron chi connectivity index (χ0n) is 17.6. The Hall–Kier alpha value is -3.34. The number of amides is 2. The normalized spacial score (nSPS) is 10.7. The van der Waals surface area contributed by atoms with Crippen molar-refractivity contribution in [2.24, 2.45) is 0 Å². The molecule has 1 aromatic heterocycles. The van der Waals surface area contributed by atoms with E-state index in [0.717, 1.165) is 39.5 Å². The van der Waals surface area contributed by atoms with Crippen LogP contribution in [-0.2, 0) is 4.79 Å². The third-order valence-corrected chi connectivity index (χ3v) is 5.04. The number of hydrogen-bond donors (Lipinski definition) is 2. The van der Waals surface area contributed by atoms with Crippen LogP contribution in [0.15, 0.2) is 48.5 Å². The molecule has 0 unspecified atom stereocenters. The minimum absolute atomic E-state index is 0.0827. The van der Waals surface area contributed by atoms with Gasteiger partial charge in [0.15, 0.2) is 0 Å². The quantitative estimate of drug-likeness (QED) is 0.680. The summed E-state index contributed by atoms with van der Waals surface area (Å²) < 4.78 is 2.04. The smallest absolute Gasteiger partial charge is 0.253 e. The Morgan fingerprint density at radius 3 is 2.14 bits per heavy atom. The summed E-state index contributed by atoms with van der Waals surface area (Å²) in [6.45, 7) is 9.75. The summed E-state index contributed by atoms with van der Waals surface area (Å²) in [5.41, 5.74) is 7.36. The predicted octanol–water partition coefficient (Wildman–Crippen LogP) is 4.39. The molecule has 0 saturated carbocycles. The number of carbonyl (C=O) groups is 2. The third-order valence-electron chi connectivity index (χ3n) is 5.04. The van der Waals surface area contributed by atoms with Crippen LogP contribution in [0.5, 0.6) is 0 Å². The highest BCUT2D eigenvalue weighted by Crippen LogP contribution is 2.22. The molecule has 0 saturated heterocycles. The Kier molecular flexibility index (Phi) is 5.87. The second-order valence-electron chi connectivity index (χ2n) is 7.46. The maximum atomic E-state index is 12.7. The highest BCUT2D eigenvalue weighted by atomic mass is 16.2. The van der Waals surface area contributed by atoms with Crippen molar-refractivity contribution in [1.29, 1.82) is 0 Å². The fourth-order valence-corrected chi connectivity index (χ4v) is 3.78. The van der Waals surface area contributed by atoms with Crippen LogP contribution in [0.4, 0.5) is 5.69 Å². The molecule has 0 aliphatic carbocycles. The van der Waals surface area contributed by atoms with E-state index in [4.69, 9.17) is 0 Å². The van der Waals surface area contributed by atoms with Crippen LogP contribution in [0.3, 0.4) is 0 Å². The summed E-state index contributed by atoms with van der Waals surface area (Å²) in [4.78, 5) is 25.1. The number of para-hydroxylation sites is 1. The van der Waals surface area contributed by atoms with Crippen LogP contribution in [0, 0.1) is 34.6 Å². The second-order valence-corrected chi connectivity index (χ2v) is 7.46. The van der Waals surface area contributed by atoms with Gasteiger partial charge in [0, 0.05) is 22.8 Å². The van der Waals surface area contributed by atoms with E-state index >= 15 is 0 Å². The second kappa shape index (κ2) is 8.35. The Labute approximate surface area is 171 Å². The number of rotatable bonds is 5. The summed E-state index contributed by atoms with van der Waals surface area (Å²) >= 11 is 0. The maximum absolute atomic E-state index is 12.7. The van der Waals surface area contributed by atoms with Gasteiger partial charge in [-0.2, -0.15) is 0 Å². The van der Waals surface area contributed by atoms with Gasteiger partial charge in [-0.05, 0) is 63.9 Å². The molecule has 0 spiro atoms. The number of anilines is 1. The molecule has 3 aromatic rings. The molecule has 1 heterocycles. The molecule has 2 N–H and O–H groups in total. The number of nitrogens with zero attached hydrogens (tertiary/aromatic N) is 1. The van der Waals surface area contributed by atoms with Crippen LogP contribution in [0.1, 0.15) is 38.4 Å². The van der Waals surface area contributed by atoms with Crippen molar-refractivity contribution in [3.05, 3.63) is 82.2 Å². The molecular formula is C24H27N3O2. The third kappa shape index (κ3) is 4.40. The highest BCUT2D eigenvalue weighted by Gasteiger charge is 2.17. The van der Waals surface area contributed by atoms with Crippen LogP contribution >= 0.6 is 0 Å². The van der Waals surface area contributed by atoms with Crippen LogP contribution < -0.4 is 10.6 Å². The van der Waals surface area contributed by atoms with Crippen LogP contribution in [0.2, 0.25) is 0 Å². The number of nitrogens with one attached hydrogen (secondary N) is 2. The molecule has 3 rings (SSSR count). The predicted molar refractivity (Wildman–Crippen MR) is 117 cm³/mol. The number of carbonyl (C=O) groups excluding carboxylic acids is 2. The van der Waals surface area contributed by atoms with Gasteiger partial charge in [0.2, 0.25) is 5.91 Å². The first-order valence-electron chi connectivity index (χ1n) is 9.68. The molecule has 150 valence electrons. The molecule has 0 radical (unpaired) electrons. The standard InChI is InChI=1S/C24H27N3O2/c1-15-11-16(2)23(17(3)12-15)26-22(28)14-25-24(29)21-13-18(4)27(19(21)5)20-9-7-6-8-10-20/h6-13H,14H2,1-5H3,(H,25,29)(H,26,28). The van der Waals surface area contributed by atoms with E-state index in [2.05, 4.69) is 10.6 Å². The molecule has 29 heavy (non-hydrogen) atoms. The van der Waals surface area contributed by atoms with Gasteiger partial charge in [0.25, 0.3) is 5.91 Å². The first-order valence-corrected chi connectivity index (χ1v) is 9.68. The summed E-state index contributed by atoms with van der Waals surface area (Å²) in [5, 5.41) is 5.65. The number of aryl methyl sites for hydroxylation is 4. The lowest BCUT2D eigenvalue weighted by Gasteiger charge is -2.13. The van der Waals surface area contributed by atoms with E-state index in [-0.39, 0.29) is 18.4 Å². The number of hydrogen-bond acceptors (Lipinski definition) is 2. The summed E-state index contributed by atoms with van der Waals surface area (Å²) in [6.07, 6.45) is 0. The van der Waals surface area contributed by atoms with Crippen molar-refractivity contribution >= 4 is 17.5 Å². The van der Waals surface area contributed by atoms with Gasteiger partial charge in [-0.15, -0.1) is 0 Å². The van der Waals surface area contributed by atoms with E-state index in [9.17, 15) is 9.59 Å². The highest BCUT2D eigenvalue weighted by molar-refractivity contribution is 6.00. The van der Waals surface area contributed by atoms with Crippen molar-refractivity contribution in [2.75, 3.05) is 11.9 Å². The largest absolute Gasteiger partial charge is 0.343 e. The Morgan fingerprint density at radius 1 is 0.897 bits per heavy atom. The first kappa shape index (κ1) is 20.4. The van der Waals surface area contributed by atoms with Gasteiger partial charge in [0.1, 0.15) is 0 Å². The lowest BCUT2D eigenvalue weighted by atomic mass is 10.1. The average molecular weight is 389 g/mol. The molecule has 0 atom stereocenters. The molecule has 2 amide bonds. The van der Waals surface area contributed by atoms with Crippen molar-refractivity contribution in [3.63, 3.8) is 0 Å².